The number of benzene rings is 2. The first-order valence-corrected chi connectivity index (χ1v) is 10.0. The fraction of sp³-hybridized carbons (Fsp3) is 0.304. The summed E-state index contributed by atoms with van der Waals surface area (Å²) < 4.78 is 6.15. The van der Waals surface area contributed by atoms with Gasteiger partial charge in [0.1, 0.15) is 0 Å². The molecule has 0 radical (unpaired) electrons. The van der Waals surface area contributed by atoms with Crippen molar-refractivity contribution in [3.63, 3.8) is 0 Å². The van der Waals surface area contributed by atoms with Crippen molar-refractivity contribution in [1.82, 2.24) is 10.2 Å². The van der Waals surface area contributed by atoms with Gasteiger partial charge in [-0.05, 0) is 30.2 Å². The smallest absolute Gasteiger partial charge is 0.407 e. The summed E-state index contributed by atoms with van der Waals surface area (Å²) in [6, 6.07) is 14.1. The predicted octanol–water partition coefficient (Wildman–Crippen LogP) is 3.49. The highest BCUT2D eigenvalue weighted by molar-refractivity contribution is 6.02. The molecule has 1 saturated heterocycles. The van der Waals surface area contributed by atoms with E-state index < -0.39 is 6.09 Å². The lowest BCUT2D eigenvalue weighted by Gasteiger charge is -2.34. The average Bonchev–Trinajstić information content (AvgIpc) is 3.11. The Hall–Kier alpha value is -3.48. The molecule has 1 aliphatic heterocycles. The number of hydrogen-bond donors (Lipinski definition) is 2. The summed E-state index contributed by atoms with van der Waals surface area (Å²) in [6.45, 7) is 4.05. The van der Waals surface area contributed by atoms with Crippen LogP contribution in [0.15, 0.2) is 46.9 Å². The van der Waals surface area contributed by atoms with E-state index in [1.165, 1.54) is 4.90 Å². The van der Waals surface area contributed by atoms with Crippen LogP contribution in [0.3, 0.4) is 0 Å². The summed E-state index contributed by atoms with van der Waals surface area (Å²) in [5.74, 6) is 0.0730. The Morgan fingerprint density at radius 1 is 1.10 bits per heavy atom. The molecule has 2 amide bonds. The molecule has 2 heterocycles. The molecule has 7 nitrogen and oxygen atoms in total. The Labute approximate surface area is 174 Å². The number of amides is 2. The number of nitrogens with zero attached hydrogens (tertiary/aromatic N) is 2. The van der Waals surface area contributed by atoms with Gasteiger partial charge in [-0.15, -0.1) is 0 Å². The van der Waals surface area contributed by atoms with Crippen LogP contribution in [0.4, 0.5) is 10.5 Å². The Kier molecular flexibility index (Phi) is 5.35. The molecule has 1 fully saturated rings. The molecule has 1 aromatic heterocycles. The van der Waals surface area contributed by atoms with Crippen molar-refractivity contribution in [3.05, 3.63) is 64.9 Å². The molecule has 0 saturated carbocycles. The highest BCUT2D eigenvalue weighted by Crippen LogP contribution is 2.36. The number of carbonyl (C=O) groups is 2. The van der Waals surface area contributed by atoms with Gasteiger partial charge in [-0.3, -0.25) is 4.79 Å². The minimum absolute atomic E-state index is 0.253. The third-order valence-electron chi connectivity index (χ3n) is 5.56. The second-order valence-electron chi connectivity index (χ2n) is 7.57. The monoisotopic (exact) mass is 407 g/mol. The van der Waals surface area contributed by atoms with E-state index in [0.717, 1.165) is 27.8 Å². The summed E-state index contributed by atoms with van der Waals surface area (Å²) in [5, 5.41) is 12.8. The maximum atomic E-state index is 12.6. The van der Waals surface area contributed by atoms with E-state index in [0.29, 0.717) is 43.9 Å². The Morgan fingerprint density at radius 3 is 2.43 bits per heavy atom. The van der Waals surface area contributed by atoms with Crippen molar-refractivity contribution in [2.75, 3.05) is 38.1 Å². The summed E-state index contributed by atoms with van der Waals surface area (Å²) in [7, 11) is 1.60. The Balaban J connectivity index is 1.80. The summed E-state index contributed by atoms with van der Waals surface area (Å²) in [5.41, 5.74) is 4.61. The van der Waals surface area contributed by atoms with Gasteiger partial charge in [-0.1, -0.05) is 30.3 Å². The maximum Gasteiger partial charge on any atom is 0.407 e. The number of aryl methyl sites for hydroxylation is 1. The first-order valence-electron chi connectivity index (χ1n) is 10.0. The van der Waals surface area contributed by atoms with Crippen LogP contribution in [-0.2, 0) is 6.42 Å². The average molecular weight is 407 g/mol. The number of carbonyl (C=O) groups excluding carboxylic acids is 1. The van der Waals surface area contributed by atoms with E-state index in [-0.39, 0.29) is 5.91 Å². The quantitative estimate of drug-likeness (QED) is 0.691. The van der Waals surface area contributed by atoms with Crippen LogP contribution in [0.1, 0.15) is 27.2 Å². The Morgan fingerprint density at radius 2 is 1.80 bits per heavy atom. The molecule has 1 aliphatic rings. The molecular formula is C23H25N3O4. The lowest BCUT2D eigenvalue weighted by atomic mass is 9.99. The molecule has 2 N–H and O–H groups in total. The highest BCUT2D eigenvalue weighted by Gasteiger charge is 2.26. The number of furan rings is 1. The van der Waals surface area contributed by atoms with Gasteiger partial charge in [0.15, 0.2) is 11.3 Å². The lowest BCUT2D eigenvalue weighted by Crippen LogP contribution is -2.48. The fourth-order valence-electron chi connectivity index (χ4n) is 4.02. The van der Waals surface area contributed by atoms with Crippen molar-refractivity contribution in [3.8, 4) is 0 Å². The van der Waals surface area contributed by atoms with Gasteiger partial charge in [0.25, 0.3) is 5.91 Å². The van der Waals surface area contributed by atoms with Gasteiger partial charge >= 0.3 is 6.09 Å². The number of hydrogen-bond acceptors (Lipinski definition) is 4. The van der Waals surface area contributed by atoms with Crippen LogP contribution in [-0.4, -0.2) is 55.2 Å². The molecule has 0 bridgehead atoms. The van der Waals surface area contributed by atoms with Gasteiger partial charge in [0.05, 0.1) is 5.69 Å². The van der Waals surface area contributed by atoms with Crippen LogP contribution in [0.2, 0.25) is 0 Å². The molecule has 7 heteroatoms. The molecule has 0 atom stereocenters. The van der Waals surface area contributed by atoms with Gasteiger partial charge < -0.3 is 24.6 Å². The normalized spacial score (nSPS) is 14.2. The second kappa shape index (κ2) is 8.10. The minimum Gasteiger partial charge on any atom is -0.465 e. The van der Waals surface area contributed by atoms with Crippen molar-refractivity contribution in [2.24, 2.45) is 0 Å². The SMILES string of the molecule is CNC(=O)c1oc2c(N3CCN(C(=O)O)CC3)cc(C)cc2c1Cc1ccccc1. The van der Waals surface area contributed by atoms with Crippen LogP contribution < -0.4 is 10.2 Å². The zero-order chi connectivity index (χ0) is 21.3. The third-order valence-corrected chi connectivity index (χ3v) is 5.56. The number of carboxylic acid groups (broad SMARTS) is 1. The van der Waals surface area contributed by atoms with Gasteiger partial charge in [0.2, 0.25) is 0 Å². The topological polar surface area (TPSA) is 86.0 Å². The molecule has 2 aromatic carbocycles. The first kappa shape index (κ1) is 19.8. The van der Waals surface area contributed by atoms with Crippen LogP contribution in [0.5, 0.6) is 0 Å². The fourth-order valence-corrected chi connectivity index (χ4v) is 4.02. The van der Waals surface area contributed by atoms with E-state index in [1.54, 1.807) is 7.05 Å². The van der Waals surface area contributed by atoms with Crippen LogP contribution >= 0.6 is 0 Å². The summed E-state index contributed by atoms with van der Waals surface area (Å²) in [4.78, 5) is 27.4. The number of nitrogens with one attached hydrogen (secondary N) is 1. The zero-order valence-corrected chi connectivity index (χ0v) is 17.1. The van der Waals surface area contributed by atoms with E-state index in [4.69, 9.17) is 4.42 Å². The molecule has 4 rings (SSSR count). The molecular weight excluding hydrogens is 382 g/mol. The predicted molar refractivity (Wildman–Crippen MR) is 115 cm³/mol. The second-order valence-corrected chi connectivity index (χ2v) is 7.57. The first-order chi connectivity index (χ1) is 14.5. The van der Waals surface area contributed by atoms with Crippen molar-refractivity contribution < 1.29 is 19.1 Å². The van der Waals surface area contributed by atoms with E-state index in [2.05, 4.69) is 16.3 Å². The largest absolute Gasteiger partial charge is 0.465 e. The molecule has 156 valence electrons. The lowest BCUT2D eigenvalue weighted by molar-refractivity contribution is 0.0936. The van der Waals surface area contributed by atoms with Gasteiger partial charge in [-0.25, -0.2) is 4.79 Å². The van der Waals surface area contributed by atoms with Crippen molar-refractivity contribution in [2.45, 2.75) is 13.3 Å². The molecule has 0 unspecified atom stereocenters. The van der Waals surface area contributed by atoms with E-state index in [1.807, 2.05) is 43.3 Å². The van der Waals surface area contributed by atoms with E-state index >= 15 is 0 Å². The number of piperazine rings is 1. The van der Waals surface area contributed by atoms with Crippen LogP contribution in [0.25, 0.3) is 11.0 Å². The molecule has 0 aliphatic carbocycles. The maximum absolute atomic E-state index is 12.6. The summed E-state index contributed by atoms with van der Waals surface area (Å²) in [6.07, 6.45) is -0.305. The molecule has 0 spiro atoms. The van der Waals surface area contributed by atoms with Gasteiger partial charge in [0, 0.05) is 50.6 Å². The van der Waals surface area contributed by atoms with Crippen molar-refractivity contribution in [1.29, 1.82) is 0 Å². The standard InChI is InChI=1S/C23H25N3O4/c1-15-12-17-18(14-16-6-4-3-5-7-16)21(22(27)24-2)30-20(17)19(13-15)25-8-10-26(11-9-25)23(28)29/h3-7,12-13H,8-11,14H2,1-2H3,(H,24,27)(H,28,29). The molecule has 30 heavy (non-hydrogen) atoms. The third kappa shape index (κ3) is 3.70. The number of anilines is 1. The van der Waals surface area contributed by atoms with Crippen molar-refractivity contribution >= 4 is 28.7 Å². The Bertz CT molecular complexity index is 1080. The zero-order valence-electron chi connectivity index (χ0n) is 17.1. The van der Waals surface area contributed by atoms with Gasteiger partial charge in [-0.2, -0.15) is 0 Å². The minimum atomic E-state index is -0.894. The van der Waals surface area contributed by atoms with Crippen LogP contribution in [0, 0.1) is 6.92 Å². The molecule has 3 aromatic rings. The number of rotatable bonds is 4. The number of fused-ring (bicyclic) bond motifs is 1. The summed E-state index contributed by atoms with van der Waals surface area (Å²) >= 11 is 0. The highest BCUT2D eigenvalue weighted by atomic mass is 16.4. The van der Waals surface area contributed by atoms with E-state index in [9.17, 15) is 14.7 Å².